The summed E-state index contributed by atoms with van der Waals surface area (Å²) in [4.78, 5) is -0.0861. The Bertz CT molecular complexity index is 650. The van der Waals surface area contributed by atoms with Crippen LogP contribution in [0, 0.1) is 23.1 Å². The number of nitrogens with two attached hydrogens (primary N) is 1. The standard InChI is InChI=1S/C13H16FN3O2S/c1-17(13(8-16)9-2-3-9)20(18,19)11-4-5-12(14)10(6-11)7-15/h4-6,9,13H,2-3,8,16H2,1H3. The van der Waals surface area contributed by atoms with Gasteiger partial charge in [0.1, 0.15) is 11.9 Å². The second kappa shape index (κ2) is 5.48. The molecule has 1 aliphatic carbocycles. The quantitative estimate of drug-likeness (QED) is 0.880. The molecular formula is C13H16FN3O2S. The lowest BCUT2D eigenvalue weighted by Gasteiger charge is -2.26. The van der Waals surface area contributed by atoms with E-state index in [4.69, 9.17) is 11.0 Å². The zero-order valence-electron chi connectivity index (χ0n) is 11.1. The molecule has 7 heteroatoms. The number of likely N-dealkylation sites (N-methyl/N-ethyl adjacent to an activating group) is 1. The van der Waals surface area contributed by atoms with Crippen LogP contribution in [0.2, 0.25) is 0 Å². The molecular weight excluding hydrogens is 281 g/mol. The van der Waals surface area contributed by atoms with E-state index in [2.05, 4.69) is 0 Å². The lowest BCUT2D eigenvalue weighted by Crippen LogP contribution is -2.43. The molecule has 1 aliphatic rings. The average molecular weight is 297 g/mol. The number of benzene rings is 1. The van der Waals surface area contributed by atoms with Crippen LogP contribution >= 0.6 is 0 Å². The van der Waals surface area contributed by atoms with Crippen LogP contribution in [0.4, 0.5) is 4.39 Å². The summed E-state index contributed by atoms with van der Waals surface area (Å²) in [5, 5.41) is 8.78. The Morgan fingerprint density at radius 3 is 2.70 bits per heavy atom. The van der Waals surface area contributed by atoms with Gasteiger partial charge in [0.05, 0.1) is 10.5 Å². The summed E-state index contributed by atoms with van der Waals surface area (Å²) < 4.78 is 39.5. The van der Waals surface area contributed by atoms with Gasteiger partial charge >= 0.3 is 0 Å². The van der Waals surface area contributed by atoms with E-state index in [0.29, 0.717) is 0 Å². The Hall–Kier alpha value is -1.49. The number of rotatable bonds is 5. The highest BCUT2D eigenvalue weighted by Gasteiger charge is 2.38. The van der Waals surface area contributed by atoms with Crippen LogP contribution in [0.15, 0.2) is 23.1 Å². The van der Waals surface area contributed by atoms with Gasteiger partial charge in [-0.2, -0.15) is 9.57 Å². The number of nitriles is 1. The Morgan fingerprint density at radius 1 is 1.55 bits per heavy atom. The monoisotopic (exact) mass is 297 g/mol. The van der Waals surface area contributed by atoms with E-state index in [0.717, 1.165) is 25.0 Å². The van der Waals surface area contributed by atoms with Crippen LogP contribution in [-0.4, -0.2) is 32.4 Å². The number of nitrogens with zero attached hydrogens (tertiary/aromatic N) is 2. The van der Waals surface area contributed by atoms with Gasteiger partial charge in [-0.15, -0.1) is 0 Å². The number of hydrogen-bond donors (Lipinski definition) is 1. The van der Waals surface area contributed by atoms with E-state index < -0.39 is 15.8 Å². The van der Waals surface area contributed by atoms with Crippen molar-refractivity contribution in [2.75, 3.05) is 13.6 Å². The molecule has 1 fully saturated rings. The highest BCUT2D eigenvalue weighted by molar-refractivity contribution is 7.89. The highest BCUT2D eigenvalue weighted by Crippen LogP contribution is 2.36. The first-order chi connectivity index (χ1) is 9.41. The summed E-state index contributed by atoms with van der Waals surface area (Å²) in [7, 11) is -2.30. The number of halogens is 1. The highest BCUT2D eigenvalue weighted by atomic mass is 32.2. The van der Waals surface area contributed by atoms with E-state index in [-0.39, 0.29) is 29.0 Å². The zero-order chi connectivity index (χ0) is 14.9. The Labute approximate surface area is 117 Å². The van der Waals surface area contributed by atoms with Crippen LogP contribution in [0.25, 0.3) is 0 Å². The third-order valence-electron chi connectivity index (χ3n) is 3.61. The summed E-state index contributed by atoms with van der Waals surface area (Å²) in [5.41, 5.74) is 5.37. The van der Waals surface area contributed by atoms with Gasteiger partial charge in [0.15, 0.2) is 0 Å². The number of sulfonamides is 1. The molecule has 5 nitrogen and oxygen atoms in total. The molecule has 2 rings (SSSR count). The lowest BCUT2D eigenvalue weighted by atomic mass is 10.2. The van der Waals surface area contributed by atoms with Gasteiger partial charge in [-0.1, -0.05) is 0 Å². The lowest BCUT2D eigenvalue weighted by molar-refractivity contribution is 0.340. The van der Waals surface area contributed by atoms with E-state index in [9.17, 15) is 12.8 Å². The number of hydrogen-bond acceptors (Lipinski definition) is 4. The molecule has 0 bridgehead atoms. The maximum atomic E-state index is 13.3. The zero-order valence-corrected chi connectivity index (χ0v) is 11.9. The first kappa shape index (κ1) is 14.9. The van der Waals surface area contributed by atoms with Crippen molar-refractivity contribution in [2.24, 2.45) is 11.7 Å². The Kier molecular flexibility index (Phi) is 4.09. The topological polar surface area (TPSA) is 87.2 Å². The van der Waals surface area contributed by atoms with E-state index >= 15 is 0 Å². The van der Waals surface area contributed by atoms with Gasteiger partial charge in [0.2, 0.25) is 10.0 Å². The molecule has 0 spiro atoms. The Balaban J connectivity index is 2.37. The molecule has 108 valence electrons. The summed E-state index contributed by atoms with van der Waals surface area (Å²) in [6, 6.07) is 4.61. The van der Waals surface area contributed by atoms with Crippen molar-refractivity contribution in [3.8, 4) is 6.07 Å². The van der Waals surface area contributed by atoms with Gasteiger partial charge in [0, 0.05) is 19.6 Å². The second-order valence-electron chi connectivity index (χ2n) is 4.92. The fourth-order valence-corrected chi connectivity index (χ4v) is 3.67. The molecule has 2 N–H and O–H groups in total. The van der Waals surface area contributed by atoms with E-state index in [1.807, 2.05) is 0 Å². The maximum absolute atomic E-state index is 13.3. The summed E-state index contributed by atoms with van der Waals surface area (Å²) in [6.07, 6.45) is 1.93. The Morgan fingerprint density at radius 2 is 2.20 bits per heavy atom. The smallest absolute Gasteiger partial charge is 0.243 e. The van der Waals surface area contributed by atoms with Crippen molar-refractivity contribution in [3.05, 3.63) is 29.6 Å². The molecule has 0 radical (unpaired) electrons. The van der Waals surface area contributed by atoms with Gasteiger partial charge in [0.25, 0.3) is 0 Å². The fraction of sp³-hybridized carbons (Fsp3) is 0.462. The molecule has 0 amide bonds. The maximum Gasteiger partial charge on any atom is 0.243 e. The van der Waals surface area contributed by atoms with Crippen LogP contribution in [0.3, 0.4) is 0 Å². The normalized spacial score (nSPS) is 16.9. The molecule has 0 heterocycles. The minimum Gasteiger partial charge on any atom is -0.329 e. The predicted octanol–water partition coefficient (Wildman–Crippen LogP) is 1.06. The molecule has 1 aromatic carbocycles. The molecule has 1 saturated carbocycles. The molecule has 0 aliphatic heterocycles. The minimum absolute atomic E-state index is 0.0861. The van der Waals surface area contributed by atoms with Crippen molar-refractivity contribution in [2.45, 2.75) is 23.8 Å². The van der Waals surface area contributed by atoms with Crippen LogP contribution in [0.1, 0.15) is 18.4 Å². The fourth-order valence-electron chi connectivity index (χ4n) is 2.21. The summed E-state index contributed by atoms with van der Waals surface area (Å²) >= 11 is 0. The third-order valence-corrected chi connectivity index (χ3v) is 5.49. The van der Waals surface area contributed by atoms with Crippen molar-refractivity contribution < 1.29 is 12.8 Å². The third kappa shape index (κ3) is 2.68. The van der Waals surface area contributed by atoms with Crippen LogP contribution < -0.4 is 5.73 Å². The SMILES string of the molecule is CN(C(CN)C1CC1)S(=O)(=O)c1ccc(F)c(C#N)c1. The van der Waals surface area contributed by atoms with Crippen molar-refractivity contribution in [1.82, 2.24) is 4.31 Å². The molecule has 20 heavy (non-hydrogen) atoms. The van der Waals surface area contributed by atoms with Crippen LogP contribution in [-0.2, 0) is 10.0 Å². The molecule has 0 aromatic heterocycles. The van der Waals surface area contributed by atoms with Crippen molar-refractivity contribution in [3.63, 3.8) is 0 Å². The first-order valence-electron chi connectivity index (χ1n) is 6.29. The second-order valence-corrected chi connectivity index (χ2v) is 6.91. The van der Waals surface area contributed by atoms with Crippen molar-refractivity contribution >= 4 is 10.0 Å². The van der Waals surface area contributed by atoms with Gasteiger partial charge in [-0.25, -0.2) is 12.8 Å². The predicted molar refractivity (Wildman–Crippen MR) is 71.6 cm³/mol. The molecule has 0 saturated heterocycles. The van der Waals surface area contributed by atoms with E-state index in [1.165, 1.54) is 17.4 Å². The molecule has 1 unspecified atom stereocenters. The van der Waals surface area contributed by atoms with Gasteiger partial charge in [-0.3, -0.25) is 0 Å². The molecule has 1 aromatic rings. The van der Waals surface area contributed by atoms with E-state index in [1.54, 1.807) is 6.07 Å². The van der Waals surface area contributed by atoms with Crippen molar-refractivity contribution in [1.29, 1.82) is 5.26 Å². The first-order valence-corrected chi connectivity index (χ1v) is 7.73. The minimum atomic E-state index is -3.77. The molecule has 1 atom stereocenters. The summed E-state index contributed by atoms with van der Waals surface area (Å²) in [5.74, 6) is -0.442. The van der Waals surface area contributed by atoms with Gasteiger partial charge in [-0.05, 0) is 37.0 Å². The van der Waals surface area contributed by atoms with Gasteiger partial charge < -0.3 is 5.73 Å². The largest absolute Gasteiger partial charge is 0.329 e. The average Bonchev–Trinajstić information content (AvgIpc) is 3.24. The summed E-state index contributed by atoms with van der Waals surface area (Å²) in [6.45, 7) is 0.243. The van der Waals surface area contributed by atoms with Crippen LogP contribution in [0.5, 0.6) is 0 Å².